The van der Waals surface area contributed by atoms with Crippen LogP contribution in [-0.4, -0.2) is 20.3 Å². The summed E-state index contributed by atoms with van der Waals surface area (Å²) in [7, 11) is 0. The van der Waals surface area contributed by atoms with Crippen LogP contribution in [0.3, 0.4) is 0 Å². The van der Waals surface area contributed by atoms with E-state index in [0.717, 1.165) is 23.3 Å². The van der Waals surface area contributed by atoms with Crippen LogP contribution >= 0.6 is 11.8 Å². The van der Waals surface area contributed by atoms with Gasteiger partial charge in [0.05, 0.1) is 21.6 Å². The summed E-state index contributed by atoms with van der Waals surface area (Å²) in [5, 5.41) is 0.536. The predicted molar refractivity (Wildman–Crippen MR) is 87.1 cm³/mol. The van der Waals surface area contributed by atoms with Crippen molar-refractivity contribution in [3.63, 3.8) is 0 Å². The van der Waals surface area contributed by atoms with Crippen molar-refractivity contribution < 1.29 is 13.2 Å². The SMILES string of the molecule is O=c1[nH]c2ccccc2n1CCCSc1ccc(C(F)(F)F)cn1. The number of para-hydroxylation sites is 2. The average molecular weight is 353 g/mol. The first-order valence-electron chi connectivity index (χ1n) is 7.29. The van der Waals surface area contributed by atoms with E-state index in [4.69, 9.17) is 0 Å². The fourth-order valence-electron chi connectivity index (χ4n) is 2.36. The maximum atomic E-state index is 12.5. The summed E-state index contributed by atoms with van der Waals surface area (Å²) >= 11 is 1.37. The molecule has 2 heterocycles. The number of hydrogen-bond donors (Lipinski definition) is 1. The van der Waals surface area contributed by atoms with Gasteiger partial charge in [0.25, 0.3) is 0 Å². The Labute approximate surface area is 139 Å². The van der Waals surface area contributed by atoms with Crippen molar-refractivity contribution in [2.75, 3.05) is 5.75 Å². The number of pyridine rings is 1. The Hall–Kier alpha value is -2.22. The molecular formula is C16H14F3N3OS. The predicted octanol–water partition coefficient (Wildman–Crippen LogP) is 3.93. The monoisotopic (exact) mass is 353 g/mol. The zero-order valence-electron chi connectivity index (χ0n) is 12.5. The molecule has 126 valence electrons. The number of hydrogen-bond acceptors (Lipinski definition) is 3. The lowest BCUT2D eigenvalue weighted by atomic mass is 10.3. The van der Waals surface area contributed by atoms with E-state index in [2.05, 4.69) is 9.97 Å². The smallest absolute Gasteiger partial charge is 0.306 e. The van der Waals surface area contributed by atoms with Crippen LogP contribution < -0.4 is 5.69 Å². The van der Waals surface area contributed by atoms with Gasteiger partial charge in [-0.2, -0.15) is 13.2 Å². The first-order valence-corrected chi connectivity index (χ1v) is 8.27. The highest BCUT2D eigenvalue weighted by molar-refractivity contribution is 7.99. The van der Waals surface area contributed by atoms with Gasteiger partial charge in [0, 0.05) is 18.5 Å². The van der Waals surface area contributed by atoms with E-state index in [-0.39, 0.29) is 5.69 Å². The minimum Gasteiger partial charge on any atom is -0.306 e. The molecule has 0 saturated heterocycles. The van der Waals surface area contributed by atoms with Crippen LogP contribution in [0.15, 0.2) is 52.4 Å². The molecule has 0 atom stereocenters. The minimum atomic E-state index is -4.37. The topological polar surface area (TPSA) is 50.7 Å². The van der Waals surface area contributed by atoms with Crippen LogP contribution in [-0.2, 0) is 12.7 Å². The first-order chi connectivity index (χ1) is 11.4. The third kappa shape index (κ3) is 3.64. The number of benzene rings is 1. The summed E-state index contributed by atoms with van der Waals surface area (Å²) in [6.45, 7) is 0.538. The van der Waals surface area contributed by atoms with Gasteiger partial charge in [-0.15, -0.1) is 11.8 Å². The zero-order chi connectivity index (χ0) is 17.2. The minimum absolute atomic E-state index is 0.158. The van der Waals surface area contributed by atoms with Crippen molar-refractivity contribution in [2.24, 2.45) is 0 Å². The van der Waals surface area contributed by atoms with E-state index < -0.39 is 11.7 Å². The quantitative estimate of drug-likeness (QED) is 0.559. The van der Waals surface area contributed by atoms with Gasteiger partial charge in [-0.3, -0.25) is 4.57 Å². The Kier molecular flexibility index (Phi) is 4.66. The second-order valence-corrected chi connectivity index (χ2v) is 6.30. The number of fused-ring (bicyclic) bond motifs is 1. The van der Waals surface area contributed by atoms with Crippen molar-refractivity contribution in [1.82, 2.24) is 14.5 Å². The summed E-state index contributed by atoms with van der Waals surface area (Å²) in [4.78, 5) is 18.5. The van der Waals surface area contributed by atoms with E-state index in [0.29, 0.717) is 23.7 Å². The lowest BCUT2D eigenvalue weighted by molar-refractivity contribution is -0.137. The van der Waals surface area contributed by atoms with Crippen molar-refractivity contribution in [2.45, 2.75) is 24.2 Å². The van der Waals surface area contributed by atoms with Crippen LogP contribution in [0, 0.1) is 0 Å². The van der Waals surface area contributed by atoms with Crippen LogP contribution in [0.25, 0.3) is 11.0 Å². The molecule has 1 N–H and O–H groups in total. The highest BCUT2D eigenvalue weighted by Crippen LogP contribution is 2.29. The molecule has 0 aliphatic rings. The molecule has 0 fully saturated rings. The lowest BCUT2D eigenvalue weighted by Crippen LogP contribution is -2.17. The maximum Gasteiger partial charge on any atom is 0.417 e. The van der Waals surface area contributed by atoms with Gasteiger partial charge in [-0.05, 0) is 30.7 Å². The number of aromatic nitrogens is 3. The molecule has 1 aromatic carbocycles. The van der Waals surface area contributed by atoms with Gasteiger partial charge in [-0.1, -0.05) is 12.1 Å². The lowest BCUT2D eigenvalue weighted by Gasteiger charge is -2.07. The average Bonchev–Trinajstić information content (AvgIpc) is 2.87. The number of H-pyrrole nitrogens is 1. The van der Waals surface area contributed by atoms with E-state index >= 15 is 0 Å². The van der Waals surface area contributed by atoms with E-state index in [1.165, 1.54) is 17.8 Å². The van der Waals surface area contributed by atoms with Gasteiger partial charge in [-0.25, -0.2) is 9.78 Å². The summed E-state index contributed by atoms with van der Waals surface area (Å²) in [6.07, 6.45) is -2.83. The Bertz CT molecular complexity index is 884. The third-order valence-electron chi connectivity index (χ3n) is 3.52. The van der Waals surface area contributed by atoms with E-state index in [1.807, 2.05) is 24.3 Å². The number of alkyl halides is 3. The highest BCUT2D eigenvalue weighted by atomic mass is 32.2. The number of thioether (sulfide) groups is 1. The number of rotatable bonds is 5. The Morgan fingerprint density at radius 1 is 1.17 bits per heavy atom. The van der Waals surface area contributed by atoms with Crippen molar-refractivity contribution >= 4 is 22.8 Å². The molecule has 8 heteroatoms. The molecule has 4 nitrogen and oxygen atoms in total. The van der Waals surface area contributed by atoms with Gasteiger partial charge < -0.3 is 4.98 Å². The molecule has 0 amide bonds. The van der Waals surface area contributed by atoms with Crippen molar-refractivity contribution in [3.8, 4) is 0 Å². The van der Waals surface area contributed by atoms with E-state index in [9.17, 15) is 18.0 Å². The molecular weight excluding hydrogens is 339 g/mol. The fourth-order valence-corrected chi connectivity index (χ4v) is 3.14. The molecule has 0 radical (unpaired) electrons. The van der Waals surface area contributed by atoms with Crippen LogP contribution in [0.5, 0.6) is 0 Å². The number of nitrogens with zero attached hydrogens (tertiary/aromatic N) is 2. The molecule has 24 heavy (non-hydrogen) atoms. The van der Waals surface area contributed by atoms with Crippen molar-refractivity contribution in [3.05, 3.63) is 58.6 Å². The van der Waals surface area contributed by atoms with Gasteiger partial charge in [0.15, 0.2) is 0 Å². The second-order valence-electron chi connectivity index (χ2n) is 5.18. The van der Waals surface area contributed by atoms with Gasteiger partial charge in [0.2, 0.25) is 0 Å². The van der Waals surface area contributed by atoms with Crippen LogP contribution in [0.2, 0.25) is 0 Å². The Morgan fingerprint density at radius 2 is 1.96 bits per heavy atom. The van der Waals surface area contributed by atoms with Gasteiger partial charge >= 0.3 is 11.9 Å². The molecule has 0 aliphatic heterocycles. The van der Waals surface area contributed by atoms with Crippen LogP contribution in [0.4, 0.5) is 13.2 Å². The normalized spacial score (nSPS) is 12.0. The van der Waals surface area contributed by atoms with Crippen molar-refractivity contribution in [1.29, 1.82) is 0 Å². The van der Waals surface area contributed by atoms with Gasteiger partial charge in [0.1, 0.15) is 0 Å². The molecule has 3 rings (SSSR count). The largest absolute Gasteiger partial charge is 0.417 e. The summed E-state index contributed by atoms with van der Waals surface area (Å²) in [5.74, 6) is 0.657. The summed E-state index contributed by atoms with van der Waals surface area (Å²) in [6, 6.07) is 9.83. The van der Waals surface area contributed by atoms with Crippen LogP contribution in [0.1, 0.15) is 12.0 Å². The third-order valence-corrected chi connectivity index (χ3v) is 4.55. The number of aromatic amines is 1. The summed E-state index contributed by atoms with van der Waals surface area (Å²) < 4.78 is 39.1. The molecule has 0 bridgehead atoms. The molecule has 3 aromatic rings. The molecule has 0 unspecified atom stereocenters. The molecule has 0 saturated carbocycles. The number of imidazole rings is 1. The Morgan fingerprint density at radius 3 is 2.67 bits per heavy atom. The maximum absolute atomic E-state index is 12.5. The fraction of sp³-hybridized carbons (Fsp3) is 0.250. The number of halogens is 3. The highest BCUT2D eigenvalue weighted by Gasteiger charge is 2.30. The molecule has 0 spiro atoms. The van der Waals surface area contributed by atoms with E-state index in [1.54, 1.807) is 4.57 Å². The standard InChI is InChI=1S/C16H14F3N3OS/c17-16(18,19)11-6-7-14(20-10-11)24-9-3-8-22-13-5-2-1-4-12(13)21-15(22)23/h1-2,4-7,10H,3,8-9H2,(H,21,23). The molecule has 2 aromatic heterocycles. The number of nitrogens with one attached hydrogen (secondary N) is 1. The number of aryl methyl sites for hydroxylation is 1. The molecule has 0 aliphatic carbocycles. The Balaban J connectivity index is 1.57. The second kappa shape index (κ2) is 6.72. The first kappa shape index (κ1) is 16.6. The summed E-state index contributed by atoms with van der Waals surface area (Å²) in [5.41, 5.74) is 0.728. The zero-order valence-corrected chi connectivity index (χ0v) is 13.3.